The second-order valence-electron chi connectivity index (χ2n) is 8.16. The summed E-state index contributed by atoms with van der Waals surface area (Å²) >= 11 is 0. The van der Waals surface area contributed by atoms with Gasteiger partial charge in [-0.1, -0.05) is 19.9 Å². The zero-order chi connectivity index (χ0) is 22.5. The van der Waals surface area contributed by atoms with E-state index < -0.39 is 17.4 Å². The van der Waals surface area contributed by atoms with Crippen molar-refractivity contribution in [3.8, 4) is 17.7 Å². The fraction of sp³-hybridized carbons (Fsp3) is 0.348. The number of rotatable bonds is 3. The predicted molar refractivity (Wildman–Crippen MR) is 112 cm³/mol. The van der Waals surface area contributed by atoms with E-state index in [1.807, 2.05) is 13.8 Å². The van der Waals surface area contributed by atoms with Crippen molar-refractivity contribution in [1.82, 2.24) is 14.5 Å². The number of halogens is 3. The smallest absolute Gasteiger partial charge is 0.327 e. The van der Waals surface area contributed by atoms with E-state index >= 15 is 0 Å². The van der Waals surface area contributed by atoms with E-state index in [4.69, 9.17) is 6.57 Å². The summed E-state index contributed by atoms with van der Waals surface area (Å²) in [7, 11) is 0. The summed E-state index contributed by atoms with van der Waals surface area (Å²) in [6, 6.07) is 6.92. The predicted octanol–water partition coefficient (Wildman–Crippen LogP) is 5.19. The molecule has 5 nitrogen and oxygen atoms in total. The molecule has 1 aliphatic rings. The SMILES string of the molecule is C#[N+]C1(F)CCN(C(=O)c2ccc3c(-c4c(F)cccc4F)c(C)nn3c2C(C)C)C1. The molecule has 0 spiro atoms. The molecule has 0 radical (unpaired) electrons. The van der Waals surface area contributed by atoms with E-state index in [9.17, 15) is 18.0 Å². The molecule has 3 aromatic rings. The van der Waals surface area contributed by atoms with Gasteiger partial charge in [0.1, 0.15) is 18.2 Å². The van der Waals surface area contributed by atoms with Gasteiger partial charge in [-0.3, -0.25) is 4.79 Å². The molecular weight excluding hydrogens is 405 g/mol. The Hall–Kier alpha value is -3.34. The topological polar surface area (TPSA) is 42.0 Å². The summed E-state index contributed by atoms with van der Waals surface area (Å²) in [5, 5.41) is 4.51. The van der Waals surface area contributed by atoms with Gasteiger partial charge in [0, 0.05) is 12.1 Å². The van der Waals surface area contributed by atoms with Crippen molar-refractivity contribution in [2.75, 3.05) is 13.1 Å². The first-order chi connectivity index (χ1) is 14.7. The highest BCUT2D eigenvalue weighted by molar-refractivity contribution is 5.97. The second-order valence-corrected chi connectivity index (χ2v) is 8.16. The number of nitrogens with zero attached hydrogens (tertiary/aromatic N) is 4. The van der Waals surface area contributed by atoms with Crippen molar-refractivity contribution in [2.24, 2.45) is 0 Å². The van der Waals surface area contributed by atoms with Crippen LogP contribution >= 0.6 is 0 Å². The van der Waals surface area contributed by atoms with Crippen molar-refractivity contribution in [1.29, 1.82) is 0 Å². The fourth-order valence-electron chi connectivity index (χ4n) is 4.23. The lowest BCUT2D eigenvalue weighted by Crippen LogP contribution is -2.33. The number of alkyl halides is 1. The van der Waals surface area contributed by atoms with Crippen LogP contribution in [0.4, 0.5) is 13.2 Å². The Labute approximate surface area is 177 Å². The molecule has 4 rings (SSSR count). The largest absolute Gasteiger partial charge is 0.435 e. The Bertz CT molecular complexity index is 1220. The molecule has 0 bridgehead atoms. The van der Waals surface area contributed by atoms with Gasteiger partial charge in [0.05, 0.1) is 34.5 Å². The van der Waals surface area contributed by atoms with Gasteiger partial charge in [0.25, 0.3) is 12.5 Å². The number of aromatic nitrogens is 2. The summed E-state index contributed by atoms with van der Waals surface area (Å²) in [4.78, 5) is 17.8. The van der Waals surface area contributed by atoms with Crippen LogP contribution in [0.5, 0.6) is 0 Å². The number of hydrogen-bond acceptors (Lipinski definition) is 2. The lowest BCUT2D eigenvalue weighted by atomic mass is 9.99. The number of aryl methyl sites for hydroxylation is 1. The summed E-state index contributed by atoms with van der Waals surface area (Å²) in [6.07, 6.45) is 0.0338. The highest BCUT2D eigenvalue weighted by atomic mass is 19.1. The summed E-state index contributed by atoms with van der Waals surface area (Å²) in [6.45, 7) is 10.6. The normalized spacial score (nSPS) is 18.7. The Balaban J connectivity index is 1.89. The third kappa shape index (κ3) is 3.34. The van der Waals surface area contributed by atoms with Crippen LogP contribution in [-0.2, 0) is 0 Å². The highest BCUT2D eigenvalue weighted by Crippen LogP contribution is 2.36. The standard InChI is InChI=1S/C23H22F3N4O/c1-13(2)21-15(22(31)29-11-10-23(26,12-29)27-4)8-9-18-19(14(3)28-30(18)21)20-16(24)6-5-7-17(20)25/h4-9,13H,10-12H2,1-3H3/q+1. The van der Waals surface area contributed by atoms with Gasteiger partial charge < -0.3 is 4.90 Å². The highest BCUT2D eigenvalue weighted by Gasteiger charge is 2.50. The number of carbonyl (C=O) groups excluding carboxylic acids is 1. The van der Waals surface area contributed by atoms with Gasteiger partial charge >= 0.3 is 5.79 Å². The molecule has 1 atom stereocenters. The molecule has 31 heavy (non-hydrogen) atoms. The van der Waals surface area contributed by atoms with E-state index in [-0.39, 0.29) is 36.9 Å². The first-order valence-electron chi connectivity index (χ1n) is 10.0. The molecule has 1 aromatic carbocycles. The maximum absolute atomic E-state index is 14.5. The van der Waals surface area contributed by atoms with Crippen LogP contribution in [-0.4, -0.2) is 39.3 Å². The molecule has 1 amide bonds. The van der Waals surface area contributed by atoms with Gasteiger partial charge in [0.15, 0.2) is 0 Å². The maximum atomic E-state index is 14.5. The van der Waals surface area contributed by atoms with Crippen molar-refractivity contribution in [3.63, 3.8) is 0 Å². The fourth-order valence-corrected chi connectivity index (χ4v) is 4.23. The minimum Gasteiger partial charge on any atom is -0.327 e. The van der Waals surface area contributed by atoms with Gasteiger partial charge in [-0.2, -0.15) is 9.49 Å². The quantitative estimate of drug-likeness (QED) is 0.540. The molecular formula is C23H22F3N4O+. The second kappa shape index (κ2) is 7.41. The van der Waals surface area contributed by atoms with Crippen LogP contribution in [0.3, 0.4) is 0 Å². The average molecular weight is 427 g/mol. The lowest BCUT2D eigenvalue weighted by molar-refractivity contribution is 0.0767. The Morgan fingerprint density at radius 3 is 2.45 bits per heavy atom. The monoisotopic (exact) mass is 427 g/mol. The van der Waals surface area contributed by atoms with E-state index in [0.717, 1.165) is 0 Å². The van der Waals surface area contributed by atoms with Crippen LogP contribution in [0.2, 0.25) is 0 Å². The molecule has 1 saturated heterocycles. The third-order valence-electron chi connectivity index (χ3n) is 5.71. The minimum absolute atomic E-state index is 0.0338. The zero-order valence-electron chi connectivity index (χ0n) is 17.5. The van der Waals surface area contributed by atoms with Crippen molar-refractivity contribution in [3.05, 3.63) is 63.8 Å². The maximum Gasteiger partial charge on any atom is 0.435 e. The van der Waals surface area contributed by atoms with E-state index in [1.54, 1.807) is 23.6 Å². The third-order valence-corrected chi connectivity index (χ3v) is 5.71. The molecule has 2 aromatic heterocycles. The molecule has 1 unspecified atom stereocenters. The van der Waals surface area contributed by atoms with Crippen LogP contribution in [0.1, 0.15) is 47.9 Å². The van der Waals surface area contributed by atoms with Gasteiger partial charge in [-0.15, -0.1) is 0 Å². The number of carbonyl (C=O) groups is 1. The Morgan fingerprint density at radius 2 is 1.87 bits per heavy atom. The van der Waals surface area contributed by atoms with Gasteiger partial charge in [-0.25, -0.2) is 13.3 Å². The number of pyridine rings is 1. The molecule has 0 N–H and O–H groups in total. The summed E-state index contributed by atoms with van der Waals surface area (Å²) < 4.78 is 45.0. The van der Waals surface area contributed by atoms with Crippen LogP contribution < -0.4 is 0 Å². The van der Waals surface area contributed by atoms with Gasteiger partial charge in [0.2, 0.25) is 0 Å². The summed E-state index contributed by atoms with van der Waals surface area (Å²) in [5.74, 6) is -3.83. The lowest BCUT2D eigenvalue weighted by Gasteiger charge is -2.19. The average Bonchev–Trinajstić information content (AvgIpc) is 3.27. The minimum atomic E-state index is -1.95. The zero-order valence-corrected chi connectivity index (χ0v) is 17.5. The Kier molecular flexibility index (Phi) is 5.00. The van der Waals surface area contributed by atoms with Crippen molar-refractivity contribution in [2.45, 2.75) is 38.9 Å². The number of benzene rings is 1. The number of likely N-dealkylation sites (tertiary alicyclic amines) is 1. The van der Waals surface area contributed by atoms with E-state index in [0.29, 0.717) is 28.0 Å². The molecule has 160 valence electrons. The molecule has 0 saturated carbocycles. The van der Waals surface area contributed by atoms with E-state index in [1.165, 1.54) is 23.1 Å². The molecule has 8 heteroatoms. The van der Waals surface area contributed by atoms with Crippen molar-refractivity contribution < 1.29 is 18.0 Å². The number of amides is 1. The summed E-state index contributed by atoms with van der Waals surface area (Å²) in [5.41, 5.74) is 2.03. The first-order valence-corrected chi connectivity index (χ1v) is 10.0. The van der Waals surface area contributed by atoms with Crippen LogP contribution in [0, 0.1) is 25.1 Å². The molecule has 0 aliphatic carbocycles. The number of fused-ring (bicyclic) bond motifs is 1. The van der Waals surface area contributed by atoms with Gasteiger partial charge in [-0.05, 0) is 42.0 Å². The molecule has 1 fully saturated rings. The van der Waals surface area contributed by atoms with Crippen LogP contribution in [0.25, 0.3) is 21.5 Å². The first kappa shape index (κ1) is 20.9. The number of hydrogen-bond donors (Lipinski definition) is 0. The molecule has 3 heterocycles. The van der Waals surface area contributed by atoms with Crippen LogP contribution in [0.15, 0.2) is 30.3 Å². The van der Waals surface area contributed by atoms with E-state index in [2.05, 4.69) is 9.94 Å². The Morgan fingerprint density at radius 1 is 1.19 bits per heavy atom. The van der Waals surface area contributed by atoms with Crippen molar-refractivity contribution >= 4 is 11.4 Å². The molecule has 1 aliphatic heterocycles.